The van der Waals surface area contributed by atoms with Crippen molar-refractivity contribution in [3.63, 3.8) is 0 Å². The lowest BCUT2D eigenvalue weighted by Gasteiger charge is -2.42. The van der Waals surface area contributed by atoms with Gasteiger partial charge in [0, 0.05) is 6.04 Å². The average Bonchev–Trinajstić information content (AvgIpc) is 2.40. The number of nitrogens with zero attached hydrogens (tertiary/aromatic N) is 1. The SMILES string of the molecule is C#CN1C(=O)NC(CC)(C(F)(F)F)c2c1ccc(F)c2F. The Hall–Kier alpha value is -2.30. The van der Waals surface area contributed by atoms with Gasteiger partial charge in [-0.05, 0) is 18.6 Å². The van der Waals surface area contributed by atoms with Crippen LogP contribution >= 0.6 is 0 Å². The van der Waals surface area contributed by atoms with Crippen LogP contribution in [0.4, 0.5) is 32.4 Å². The first kappa shape index (κ1) is 15.1. The van der Waals surface area contributed by atoms with Gasteiger partial charge in [0.05, 0.1) is 11.3 Å². The minimum atomic E-state index is -5.03. The van der Waals surface area contributed by atoms with Crippen LogP contribution in [0.2, 0.25) is 0 Å². The molecule has 0 fully saturated rings. The summed E-state index contributed by atoms with van der Waals surface area (Å²) in [4.78, 5) is 12.2. The first-order valence-electron chi connectivity index (χ1n) is 5.83. The van der Waals surface area contributed by atoms with E-state index in [0.717, 1.165) is 13.0 Å². The fourth-order valence-electron chi connectivity index (χ4n) is 2.35. The van der Waals surface area contributed by atoms with E-state index < -0.39 is 47.1 Å². The molecule has 0 aliphatic carbocycles. The Balaban J connectivity index is 2.89. The zero-order valence-corrected chi connectivity index (χ0v) is 10.7. The van der Waals surface area contributed by atoms with Gasteiger partial charge in [-0.15, -0.1) is 0 Å². The fraction of sp³-hybridized carbons (Fsp3) is 0.308. The number of rotatable bonds is 1. The Kier molecular flexibility index (Phi) is 3.32. The summed E-state index contributed by atoms with van der Waals surface area (Å²) in [6, 6.07) is 2.08. The number of amides is 2. The van der Waals surface area contributed by atoms with Crippen LogP contribution in [0.15, 0.2) is 12.1 Å². The molecule has 2 rings (SSSR count). The lowest BCUT2D eigenvalue weighted by atomic mass is 9.83. The normalized spacial score (nSPS) is 21.6. The van der Waals surface area contributed by atoms with Gasteiger partial charge in [0.2, 0.25) is 0 Å². The van der Waals surface area contributed by atoms with Crippen molar-refractivity contribution >= 4 is 11.7 Å². The second-order valence-electron chi connectivity index (χ2n) is 4.41. The van der Waals surface area contributed by atoms with Crippen LogP contribution in [0.5, 0.6) is 0 Å². The molecular formula is C13H9F5N2O. The molecule has 1 atom stereocenters. The van der Waals surface area contributed by atoms with Crippen LogP contribution in [0, 0.1) is 24.1 Å². The smallest absolute Gasteiger partial charge is 0.319 e. The number of alkyl halides is 3. The predicted octanol–water partition coefficient (Wildman–Crippen LogP) is 3.25. The first-order valence-corrected chi connectivity index (χ1v) is 5.83. The Labute approximate surface area is 116 Å². The molecule has 1 heterocycles. The Morgan fingerprint density at radius 1 is 1.38 bits per heavy atom. The number of halogens is 5. The maximum absolute atomic E-state index is 14.0. The molecule has 0 bridgehead atoms. The van der Waals surface area contributed by atoms with Gasteiger partial charge in [-0.3, -0.25) is 0 Å². The number of carbonyl (C=O) groups is 1. The van der Waals surface area contributed by atoms with Crippen LogP contribution in [-0.4, -0.2) is 12.2 Å². The number of hydrogen-bond acceptors (Lipinski definition) is 1. The summed E-state index contributed by atoms with van der Waals surface area (Å²) < 4.78 is 67.6. The third kappa shape index (κ3) is 1.92. The van der Waals surface area contributed by atoms with Gasteiger partial charge in [-0.2, -0.15) is 13.2 Å². The van der Waals surface area contributed by atoms with Gasteiger partial charge in [0.25, 0.3) is 0 Å². The quantitative estimate of drug-likeness (QED) is 0.627. The number of anilines is 1. The third-order valence-electron chi connectivity index (χ3n) is 3.41. The van der Waals surface area contributed by atoms with Crippen LogP contribution in [0.3, 0.4) is 0 Å². The number of hydrogen-bond donors (Lipinski definition) is 1. The first-order chi connectivity index (χ1) is 9.69. The van der Waals surface area contributed by atoms with Crippen molar-refractivity contribution in [3.8, 4) is 12.5 Å². The molecule has 2 amide bonds. The highest BCUT2D eigenvalue weighted by molar-refractivity contribution is 5.99. The molecule has 1 N–H and O–H groups in total. The molecule has 3 nitrogen and oxygen atoms in total. The van der Waals surface area contributed by atoms with Crippen molar-refractivity contribution in [1.29, 1.82) is 0 Å². The van der Waals surface area contributed by atoms with E-state index in [4.69, 9.17) is 6.42 Å². The molecule has 112 valence electrons. The number of terminal acetylenes is 1. The molecule has 0 radical (unpaired) electrons. The topological polar surface area (TPSA) is 32.3 Å². The maximum Gasteiger partial charge on any atom is 0.416 e. The summed E-state index contributed by atoms with van der Waals surface area (Å²) in [5, 5.41) is 1.66. The largest absolute Gasteiger partial charge is 0.416 e. The van der Waals surface area contributed by atoms with E-state index in [1.165, 1.54) is 0 Å². The van der Waals surface area contributed by atoms with E-state index in [1.807, 2.05) is 6.04 Å². The van der Waals surface area contributed by atoms with E-state index in [1.54, 1.807) is 5.32 Å². The van der Waals surface area contributed by atoms with Crippen molar-refractivity contribution in [3.05, 3.63) is 29.3 Å². The van der Waals surface area contributed by atoms with Crippen molar-refractivity contribution in [1.82, 2.24) is 5.32 Å². The van der Waals surface area contributed by atoms with E-state index in [0.29, 0.717) is 11.0 Å². The fourth-order valence-corrected chi connectivity index (χ4v) is 2.35. The van der Waals surface area contributed by atoms with E-state index >= 15 is 0 Å². The van der Waals surface area contributed by atoms with Crippen molar-refractivity contribution in [2.45, 2.75) is 25.1 Å². The number of nitrogens with one attached hydrogen (secondary N) is 1. The second kappa shape index (κ2) is 4.62. The van der Waals surface area contributed by atoms with Crippen LogP contribution in [0.25, 0.3) is 0 Å². The molecular weight excluding hydrogens is 295 g/mol. The zero-order valence-electron chi connectivity index (χ0n) is 10.7. The monoisotopic (exact) mass is 304 g/mol. The average molecular weight is 304 g/mol. The van der Waals surface area contributed by atoms with E-state index in [2.05, 4.69) is 0 Å². The van der Waals surface area contributed by atoms with Gasteiger partial charge in [0.15, 0.2) is 17.2 Å². The minimum absolute atomic E-state index is 0.470. The molecule has 0 spiro atoms. The molecule has 1 aliphatic rings. The number of benzene rings is 1. The Morgan fingerprint density at radius 2 is 2.00 bits per heavy atom. The zero-order chi connectivity index (χ0) is 16.0. The van der Waals surface area contributed by atoms with Gasteiger partial charge < -0.3 is 5.32 Å². The molecule has 0 saturated carbocycles. The number of carbonyl (C=O) groups excluding carboxylic acids is 1. The third-order valence-corrected chi connectivity index (χ3v) is 3.41. The molecule has 1 aliphatic heterocycles. The molecule has 1 aromatic carbocycles. The maximum atomic E-state index is 14.0. The predicted molar refractivity (Wildman–Crippen MR) is 64.2 cm³/mol. The number of fused-ring (bicyclic) bond motifs is 1. The van der Waals surface area contributed by atoms with Gasteiger partial charge >= 0.3 is 12.2 Å². The molecule has 21 heavy (non-hydrogen) atoms. The Morgan fingerprint density at radius 3 is 2.48 bits per heavy atom. The molecule has 8 heteroatoms. The standard InChI is InChI=1S/C13H9F5N2O/c1-3-12(13(16,17)18)9-8(6-5-7(14)10(9)15)20(4-2)11(21)19-12/h2,5-6H,3H2,1H3,(H,19,21). The van der Waals surface area contributed by atoms with Crippen LogP contribution < -0.4 is 10.2 Å². The molecule has 1 unspecified atom stereocenters. The highest BCUT2D eigenvalue weighted by Gasteiger charge is 2.61. The van der Waals surface area contributed by atoms with Crippen molar-refractivity contribution in [2.24, 2.45) is 0 Å². The van der Waals surface area contributed by atoms with Crippen molar-refractivity contribution in [2.75, 3.05) is 4.90 Å². The summed E-state index contributed by atoms with van der Waals surface area (Å²) in [5.74, 6) is -3.14. The van der Waals surface area contributed by atoms with Gasteiger partial charge in [0.1, 0.15) is 0 Å². The summed E-state index contributed by atoms with van der Waals surface area (Å²) in [5.41, 5.74) is -4.55. The molecule has 0 saturated heterocycles. The molecule has 0 aromatic heterocycles. The highest BCUT2D eigenvalue weighted by atomic mass is 19.4. The van der Waals surface area contributed by atoms with Crippen molar-refractivity contribution < 1.29 is 26.7 Å². The minimum Gasteiger partial charge on any atom is -0.319 e. The summed E-state index contributed by atoms with van der Waals surface area (Å²) in [7, 11) is 0. The molecule has 1 aromatic rings. The lowest BCUT2D eigenvalue weighted by Crippen LogP contribution is -2.62. The Bertz CT molecular complexity index is 649. The second-order valence-corrected chi connectivity index (χ2v) is 4.41. The lowest BCUT2D eigenvalue weighted by molar-refractivity contribution is -0.199. The van der Waals surface area contributed by atoms with E-state index in [-0.39, 0.29) is 0 Å². The summed E-state index contributed by atoms with van der Waals surface area (Å²) >= 11 is 0. The van der Waals surface area contributed by atoms with Crippen LogP contribution in [0.1, 0.15) is 18.9 Å². The van der Waals surface area contributed by atoms with Gasteiger partial charge in [-0.1, -0.05) is 13.3 Å². The van der Waals surface area contributed by atoms with Gasteiger partial charge in [-0.25, -0.2) is 18.5 Å². The highest BCUT2D eigenvalue weighted by Crippen LogP contribution is 2.48. The van der Waals surface area contributed by atoms with E-state index in [9.17, 15) is 26.7 Å². The summed E-state index contributed by atoms with van der Waals surface area (Å²) in [6.45, 7) is 1.10. The number of urea groups is 1. The van der Waals surface area contributed by atoms with Crippen LogP contribution in [-0.2, 0) is 5.54 Å². The summed E-state index contributed by atoms with van der Waals surface area (Å²) in [6.07, 6.45) is -0.687.